The normalized spacial score (nSPS) is 11.4. The third kappa shape index (κ3) is 6.30. The van der Waals surface area contributed by atoms with Gasteiger partial charge in [0.1, 0.15) is 23.1 Å². The van der Waals surface area contributed by atoms with Crippen molar-refractivity contribution in [2.24, 2.45) is 0 Å². The summed E-state index contributed by atoms with van der Waals surface area (Å²) in [6.07, 6.45) is -0.350. The Bertz CT molecular complexity index is 1080. The minimum atomic E-state index is -4.30. The predicted octanol–water partition coefficient (Wildman–Crippen LogP) is 5.95. The molecule has 0 saturated carbocycles. The first-order chi connectivity index (χ1) is 14.1. The van der Waals surface area contributed by atoms with Gasteiger partial charge in [0, 0.05) is 12.0 Å². The highest BCUT2D eigenvalue weighted by Crippen LogP contribution is 2.42. The van der Waals surface area contributed by atoms with E-state index in [1.807, 2.05) is 0 Å². The van der Waals surface area contributed by atoms with Crippen LogP contribution < -0.4 is 9.47 Å². The van der Waals surface area contributed by atoms with E-state index in [0.717, 1.165) is 5.56 Å². The number of ether oxygens (including phenoxy) is 2. The van der Waals surface area contributed by atoms with Crippen molar-refractivity contribution in [3.8, 4) is 23.0 Å². The molecule has 0 fully saturated rings. The smallest absolute Gasteiger partial charge is 0.362 e. The quantitative estimate of drug-likeness (QED) is 0.308. The van der Waals surface area contributed by atoms with Crippen LogP contribution in [0.3, 0.4) is 0 Å². The van der Waals surface area contributed by atoms with Gasteiger partial charge in [-0.05, 0) is 79.9 Å². The molecule has 0 amide bonds. The Hall–Kier alpha value is -1.90. The first-order valence-electron chi connectivity index (χ1n) is 8.51. The number of hydrogen-bond acceptors (Lipinski definition) is 4. The maximum Gasteiger partial charge on any atom is 0.362 e. The number of halogens is 3. The van der Waals surface area contributed by atoms with Gasteiger partial charge in [-0.25, -0.2) is 4.39 Å². The van der Waals surface area contributed by atoms with Gasteiger partial charge in [-0.15, -0.1) is 0 Å². The van der Waals surface area contributed by atoms with E-state index in [1.54, 1.807) is 24.3 Å². The Morgan fingerprint density at radius 3 is 2.17 bits per heavy atom. The molecule has 0 aromatic heterocycles. The van der Waals surface area contributed by atoms with E-state index >= 15 is 0 Å². The number of benzene rings is 3. The molecule has 6 nitrogen and oxygen atoms in total. The minimum Gasteiger partial charge on any atom is -0.508 e. The van der Waals surface area contributed by atoms with E-state index in [9.17, 15) is 14.1 Å². The van der Waals surface area contributed by atoms with Crippen molar-refractivity contribution in [3.63, 3.8) is 0 Å². The summed E-state index contributed by atoms with van der Waals surface area (Å²) in [4.78, 5) is 17.9. The minimum absolute atomic E-state index is 0.0889. The molecular formula is C20H16Br2FO6P. The van der Waals surface area contributed by atoms with Crippen LogP contribution >= 0.6 is 39.5 Å². The van der Waals surface area contributed by atoms with E-state index in [0.29, 0.717) is 32.4 Å². The fraction of sp³-hybridized carbons (Fsp3) is 0.100. The lowest BCUT2D eigenvalue weighted by atomic mass is 10.0. The molecule has 3 N–H and O–H groups in total. The van der Waals surface area contributed by atoms with E-state index in [2.05, 4.69) is 31.9 Å². The third-order valence-electron chi connectivity index (χ3n) is 3.95. The fourth-order valence-corrected chi connectivity index (χ4v) is 4.21. The summed E-state index contributed by atoms with van der Waals surface area (Å²) in [5, 5.41) is 10.2. The van der Waals surface area contributed by atoms with Gasteiger partial charge >= 0.3 is 7.60 Å². The summed E-state index contributed by atoms with van der Waals surface area (Å²) in [5.41, 5.74) is 1.44. The van der Waals surface area contributed by atoms with Crippen molar-refractivity contribution in [2.45, 2.75) is 6.42 Å². The van der Waals surface area contributed by atoms with Crippen LogP contribution in [0.5, 0.6) is 23.0 Å². The number of aromatic hydroxyl groups is 1. The standard InChI is InChI=1S/C20H16Br2FO6P/c21-17-9-16(28-11-30(25,26)27)10-18(22)20(17)29-15-5-6-19(24)13(8-15)7-12-1-3-14(23)4-2-12/h1-6,8-10,24H,7,11H2,(H2,25,26,27). The Morgan fingerprint density at radius 1 is 0.933 bits per heavy atom. The molecule has 0 aliphatic heterocycles. The zero-order valence-electron chi connectivity index (χ0n) is 15.3. The molecule has 0 bridgehead atoms. The second-order valence-electron chi connectivity index (χ2n) is 6.35. The lowest BCUT2D eigenvalue weighted by Crippen LogP contribution is -1.98. The third-order valence-corrected chi connectivity index (χ3v) is 5.59. The topological polar surface area (TPSA) is 96.2 Å². The van der Waals surface area contributed by atoms with Crippen LogP contribution in [0.15, 0.2) is 63.5 Å². The Balaban J connectivity index is 1.80. The lowest BCUT2D eigenvalue weighted by molar-refractivity contribution is 0.300. The molecule has 3 aromatic carbocycles. The average molecular weight is 562 g/mol. The van der Waals surface area contributed by atoms with Crippen molar-refractivity contribution < 1.29 is 33.3 Å². The van der Waals surface area contributed by atoms with Gasteiger partial charge < -0.3 is 24.4 Å². The molecule has 158 valence electrons. The molecule has 0 unspecified atom stereocenters. The molecule has 3 rings (SSSR count). The van der Waals surface area contributed by atoms with E-state index in [-0.39, 0.29) is 17.3 Å². The molecule has 0 aliphatic carbocycles. The summed E-state index contributed by atoms with van der Waals surface area (Å²) < 4.78 is 36.1. The number of hydrogen-bond donors (Lipinski definition) is 3. The summed E-state index contributed by atoms with van der Waals surface area (Å²) in [5.74, 6) is 0.869. The molecule has 0 aliphatic rings. The van der Waals surface area contributed by atoms with Gasteiger partial charge in [-0.3, -0.25) is 4.57 Å². The van der Waals surface area contributed by atoms with E-state index < -0.39 is 13.9 Å². The van der Waals surface area contributed by atoms with Crippen molar-refractivity contribution in [2.75, 3.05) is 6.35 Å². The molecule has 0 saturated heterocycles. The van der Waals surface area contributed by atoms with Gasteiger partial charge in [0.2, 0.25) is 0 Å². The molecule has 3 aromatic rings. The van der Waals surface area contributed by atoms with E-state index in [4.69, 9.17) is 19.3 Å². The van der Waals surface area contributed by atoms with Gasteiger partial charge in [-0.1, -0.05) is 12.1 Å². The zero-order chi connectivity index (χ0) is 21.9. The van der Waals surface area contributed by atoms with Crippen LogP contribution in [-0.2, 0) is 11.0 Å². The van der Waals surface area contributed by atoms with Crippen molar-refractivity contribution in [1.82, 2.24) is 0 Å². The highest BCUT2D eigenvalue weighted by Gasteiger charge is 2.17. The van der Waals surface area contributed by atoms with Crippen molar-refractivity contribution >= 4 is 39.5 Å². The zero-order valence-corrected chi connectivity index (χ0v) is 19.3. The lowest BCUT2D eigenvalue weighted by Gasteiger charge is -2.14. The average Bonchev–Trinajstić information content (AvgIpc) is 2.66. The SMILES string of the molecule is O=P(O)(O)COc1cc(Br)c(Oc2ccc(O)c(Cc3ccc(F)cc3)c2)c(Br)c1. The van der Waals surface area contributed by atoms with Crippen LogP contribution in [0.25, 0.3) is 0 Å². The summed E-state index contributed by atoms with van der Waals surface area (Å²) >= 11 is 6.71. The number of rotatable bonds is 7. The first-order valence-corrected chi connectivity index (χ1v) is 11.9. The molecule has 0 atom stereocenters. The second-order valence-corrected chi connectivity index (χ2v) is 9.65. The number of phenolic OH excluding ortho intramolecular Hbond substituents is 1. The van der Waals surface area contributed by atoms with Crippen molar-refractivity contribution in [1.29, 1.82) is 0 Å². The van der Waals surface area contributed by atoms with Crippen molar-refractivity contribution in [3.05, 3.63) is 80.5 Å². The predicted molar refractivity (Wildman–Crippen MR) is 117 cm³/mol. The Labute approximate surface area is 188 Å². The molecule has 0 radical (unpaired) electrons. The highest BCUT2D eigenvalue weighted by atomic mass is 79.9. The van der Waals surface area contributed by atoms with Crippen LogP contribution in [0.2, 0.25) is 0 Å². The largest absolute Gasteiger partial charge is 0.508 e. The summed E-state index contributed by atoms with van der Waals surface area (Å²) in [7, 11) is -4.30. The van der Waals surface area contributed by atoms with Gasteiger partial charge in [-0.2, -0.15) is 0 Å². The molecular weight excluding hydrogens is 546 g/mol. The van der Waals surface area contributed by atoms with E-state index in [1.165, 1.54) is 30.3 Å². The van der Waals surface area contributed by atoms with Gasteiger partial charge in [0.15, 0.2) is 12.1 Å². The Morgan fingerprint density at radius 2 is 1.57 bits per heavy atom. The molecule has 0 spiro atoms. The monoisotopic (exact) mass is 560 g/mol. The van der Waals surface area contributed by atoms with Crippen LogP contribution in [0, 0.1) is 5.82 Å². The van der Waals surface area contributed by atoms with Gasteiger partial charge in [0.25, 0.3) is 0 Å². The maximum absolute atomic E-state index is 13.1. The van der Waals surface area contributed by atoms with Gasteiger partial charge in [0.05, 0.1) is 8.95 Å². The molecule has 10 heteroatoms. The first kappa shape index (κ1) is 22.8. The fourth-order valence-electron chi connectivity index (χ4n) is 2.58. The summed E-state index contributed by atoms with van der Waals surface area (Å²) in [6, 6.07) is 13.8. The number of phenols is 1. The molecule has 30 heavy (non-hydrogen) atoms. The highest BCUT2D eigenvalue weighted by molar-refractivity contribution is 9.11. The van der Waals surface area contributed by atoms with Crippen LogP contribution in [-0.4, -0.2) is 21.2 Å². The maximum atomic E-state index is 13.1. The summed E-state index contributed by atoms with van der Waals surface area (Å²) in [6.45, 7) is 0. The van der Waals surface area contributed by atoms with Crippen LogP contribution in [0.1, 0.15) is 11.1 Å². The molecule has 0 heterocycles. The Kier molecular flexibility index (Phi) is 7.21. The second kappa shape index (κ2) is 9.49. The van der Waals surface area contributed by atoms with Crippen LogP contribution in [0.4, 0.5) is 4.39 Å².